The standard InChI is InChI=1S/C27H27N5O/c1-19(28-15-21-16-29-31(18-21)26-12-6-7-14-27(26)33-3)24-17-30-32(20(24)2)25-13-8-10-22-9-4-5-11-23(22)25/h4-14,16-19,28H,15H2,1-3H3/t19-/m1/s1. The van der Waals surface area contributed by atoms with E-state index in [1.807, 2.05) is 52.2 Å². The molecule has 0 aliphatic carbocycles. The lowest BCUT2D eigenvalue weighted by Crippen LogP contribution is -2.18. The van der Waals surface area contributed by atoms with Crippen LogP contribution in [-0.2, 0) is 6.54 Å². The molecule has 2 aromatic heterocycles. The maximum absolute atomic E-state index is 5.46. The SMILES string of the molecule is COc1ccccc1-n1cc(CN[C@H](C)c2cnn(-c3cccc4ccccc34)c2C)cn1. The molecule has 0 aliphatic heterocycles. The zero-order valence-corrected chi connectivity index (χ0v) is 19.1. The van der Waals surface area contributed by atoms with Gasteiger partial charge in [-0.25, -0.2) is 9.36 Å². The number of ether oxygens (including phenoxy) is 1. The Hall–Kier alpha value is -3.90. The molecule has 33 heavy (non-hydrogen) atoms. The third kappa shape index (κ3) is 4.01. The molecule has 0 aliphatic rings. The van der Waals surface area contributed by atoms with E-state index in [0.29, 0.717) is 6.54 Å². The van der Waals surface area contributed by atoms with Gasteiger partial charge >= 0.3 is 0 Å². The molecule has 6 nitrogen and oxygen atoms in total. The predicted molar refractivity (Wildman–Crippen MR) is 131 cm³/mol. The average molecular weight is 438 g/mol. The molecular weight excluding hydrogens is 410 g/mol. The molecule has 0 spiro atoms. The van der Waals surface area contributed by atoms with Crippen molar-refractivity contribution in [2.24, 2.45) is 0 Å². The highest BCUT2D eigenvalue weighted by Gasteiger charge is 2.16. The van der Waals surface area contributed by atoms with E-state index in [9.17, 15) is 0 Å². The molecule has 0 saturated heterocycles. The molecule has 0 fully saturated rings. The van der Waals surface area contributed by atoms with Gasteiger partial charge < -0.3 is 10.1 Å². The zero-order valence-electron chi connectivity index (χ0n) is 19.1. The number of methoxy groups -OCH3 is 1. The van der Waals surface area contributed by atoms with Crippen LogP contribution >= 0.6 is 0 Å². The summed E-state index contributed by atoms with van der Waals surface area (Å²) in [7, 11) is 1.67. The number of benzene rings is 3. The molecule has 1 N–H and O–H groups in total. The van der Waals surface area contributed by atoms with Crippen LogP contribution in [0.3, 0.4) is 0 Å². The van der Waals surface area contributed by atoms with Gasteiger partial charge in [0.1, 0.15) is 11.4 Å². The Morgan fingerprint density at radius 2 is 1.67 bits per heavy atom. The van der Waals surface area contributed by atoms with Gasteiger partial charge in [0.2, 0.25) is 0 Å². The average Bonchev–Trinajstić information content (AvgIpc) is 3.49. The van der Waals surface area contributed by atoms with Crippen molar-refractivity contribution >= 4 is 10.8 Å². The molecule has 3 aromatic carbocycles. The largest absolute Gasteiger partial charge is 0.494 e. The highest BCUT2D eigenvalue weighted by Crippen LogP contribution is 2.26. The Bertz CT molecular complexity index is 1400. The van der Waals surface area contributed by atoms with E-state index in [4.69, 9.17) is 9.84 Å². The van der Waals surface area contributed by atoms with E-state index in [0.717, 1.165) is 28.4 Å². The normalized spacial score (nSPS) is 12.2. The number of para-hydroxylation sites is 2. The van der Waals surface area contributed by atoms with Gasteiger partial charge in [-0.1, -0.05) is 48.5 Å². The van der Waals surface area contributed by atoms with Crippen molar-refractivity contribution in [1.29, 1.82) is 0 Å². The molecule has 0 radical (unpaired) electrons. The molecular formula is C27H27N5O. The molecule has 5 aromatic rings. The Labute approximate surface area is 193 Å². The summed E-state index contributed by atoms with van der Waals surface area (Å²) in [6.45, 7) is 5.00. The number of hydrogen-bond donors (Lipinski definition) is 1. The summed E-state index contributed by atoms with van der Waals surface area (Å²) >= 11 is 0. The molecule has 0 bridgehead atoms. The Morgan fingerprint density at radius 1 is 0.909 bits per heavy atom. The van der Waals surface area contributed by atoms with E-state index in [2.05, 4.69) is 66.7 Å². The number of rotatable bonds is 7. The lowest BCUT2D eigenvalue weighted by molar-refractivity contribution is 0.411. The highest BCUT2D eigenvalue weighted by atomic mass is 16.5. The predicted octanol–water partition coefficient (Wildman–Crippen LogP) is 5.38. The molecule has 0 amide bonds. The van der Waals surface area contributed by atoms with E-state index >= 15 is 0 Å². The summed E-state index contributed by atoms with van der Waals surface area (Å²) in [5.74, 6) is 0.796. The van der Waals surface area contributed by atoms with Gasteiger partial charge in [0.05, 0.1) is 25.2 Å². The van der Waals surface area contributed by atoms with Crippen molar-refractivity contribution < 1.29 is 4.74 Å². The number of nitrogens with zero attached hydrogens (tertiary/aromatic N) is 4. The van der Waals surface area contributed by atoms with Crippen molar-refractivity contribution in [3.05, 3.63) is 102 Å². The first-order valence-corrected chi connectivity index (χ1v) is 11.1. The highest BCUT2D eigenvalue weighted by molar-refractivity contribution is 5.90. The smallest absolute Gasteiger partial charge is 0.144 e. The fourth-order valence-electron chi connectivity index (χ4n) is 4.27. The fourth-order valence-corrected chi connectivity index (χ4v) is 4.27. The van der Waals surface area contributed by atoms with E-state index in [1.165, 1.54) is 16.3 Å². The first-order chi connectivity index (χ1) is 16.2. The van der Waals surface area contributed by atoms with Crippen molar-refractivity contribution in [3.63, 3.8) is 0 Å². The summed E-state index contributed by atoms with van der Waals surface area (Å²) in [5, 5.41) is 15.3. The minimum Gasteiger partial charge on any atom is -0.494 e. The number of aromatic nitrogens is 4. The van der Waals surface area contributed by atoms with Crippen LogP contribution in [0.25, 0.3) is 22.1 Å². The second kappa shape index (κ2) is 8.92. The maximum atomic E-state index is 5.46. The second-order valence-electron chi connectivity index (χ2n) is 8.16. The minimum atomic E-state index is 0.142. The van der Waals surface area contributed by atoms with Gasteiger partial charge in [0, 0.05) is 41.0 Å². The summed E-state index contributed by atoms with van der Waals surface area (Å²) in [4.78, 5) is 0. The molecule has 1 atom stereocenters. The van der Waals surface area contributed by atoms with Gasteiger partial charge in [0.15, 0.2) is 0 Å². The van der Waals surface area contributed by atoms with E-state index in [-0.39, 0.29) is 6.04 Å². The van der Waals surface area contributed by atoms with Crippen LogP contribution < -0.4 is 10.1 Å². The summed E-state index contributed by atoms with van der Waals surface area (Å²) in [6.07, 6.45) is 5.88. The molecule has 166 valence electrons. The van der Waals surface area contributed by atoms with Gasteiger partial charge in [-0.15, -0.1) is 0 Å². The summed E-state index contributed by atoms with van der Waals surface area (Å²) < 4.78 is 9.35. The topological polar surface area (TPSA) is 56.9 Å². The van der Waals surface area contributed by atoms with Crippen LogP contribution in [0.2, 0.25) is 0 Å². The fraction of sp³-hybridized carbons (Fsp3) is 0.185. The van der Waals surface area contributed by atoms with Crippen molar-refractivity contribution in [2.75, 3.05) is 7.11 Å². The van der Waals surface area contributed by atoms with Gasteiger partial charge in [-0.3, -0.25) is 0 Å². The Balaban J connectivity index is 1.33. The van der Waals surface area contributed by atoms with Crippen LogP contribution in [-0.4, -0.2) is 26.7 Å². The van der Waals surface area contributed by atoms with Crippen molar-refractivity contribution in [2.45, 2.75) is 26.4 Å². The van der Waals surface area contributed by atoms with Crippen LogP contribution in [0.1, 0.15) is 29.8 Å². The lowest BCUT2D eigenvalue weighted by atomic mass is 10.1. The van der Waals surface area contributed by atoms with Crippen LogP contribution in [0.4, 0.5) is 0 Å². The third-order valence-corrected chi connectivity index (χ3v) is 6.09. The quantitative estimate of drug-likeness (QED) is 0.371. The summed E-state index contributed by atoms with van der Waals surface area (Å²) in [5.41, 5.74) is 5.44. The van der Waals surface area contributed by atoms with Crippen molar-refractivity contribution in [3.8, 4) is 17.1 Å². The molecule has 0 saturated carbocycles. The van der Waals surface area contributed by atoms with Gasteiger partial charge in [-0.05, 0) is 37.4 Å². The number of fused-ring (bicyclic) bond motifs is 1. The van der Waals surface area contributed by atoms with Crippen LogP contribution in [0.15, 0.2) is 85.3 Å². The van der Waals surface area contributed by atoms with Crippen LogP contribution in [0.5, 0.6) is 5.75 Å². The summed E-state index contributed by atoms with van der Waals surface area (Å²) in [6, 6.07) is 22.8. The monoisotopic (exact) mass is 437 g/mol. The Kier molecular flexibility index (Phi) is 5.67. The van der Waals surface area contributed by atoms with Gasteiger partial charge in [0.25, 0.3) is 0 Å². The molecule has 6 heteroatoms. The number of hydrogen-bond acceptors (Lipinski definition) is 4. The third-order valence-electron chi connectivity index (χ3n) is 6.09. The molecule has 2 heterocycles. The van der Waals surface area contributed by atoms with Crippen molar-refractivity contribution in [1.82, 2.24) is 24.9 Å². The van der Waals surface area contributed by atoms with E-state index in [1.54, 1.807) is 7.11 Å². The molecule has 5 rings (SSSR count). The Morgan fingerprint density at radius 3 is 2.55 bits per heavy atom. The van der Waals surface area contributed by atoms with Crippen LogP contribution in [0, 0.1) is 6.92 Å². The first kappa shape index (κ1) is 21.0. The second-order valence-corrected chi connectivity index (χ2v) is 8.16. The maximum Gasteiger partial charge on any atom is 0.144 e. The lowest BCUT2D eigenvalue weighted by Gasteiger charge is -2.14. The molecule has 0 unspecified atom stereocenters. The first-order valence-electron chi connectivity index (χ1n) is 11.1. The zero-order chi connectivity index (χ0) is 22.8. The number of nitrogens with one attached hydrogen (secondary N) is 1. The van der Waals surface area contributed by atoms with Gasteiger partial charge in [-0.2, -0.15) is 10.2 Å². The van der Waals surface area contributed by atoms with E-state index < -0.39 is 0 Å². The minimum absolute atomic E-state index is 0.142.